The number of hydrogen-bond donors (Lipinski definition) is 2. The van der Waals surface area contributed by atoms with E-state index < -0.39 is 23.9 Å². The Morgan fingerprint density at radius 3 is 1.10 bits per heavy atom. The average molecular weight is 598 g/mol. The Kier molecular flexibility index (Phi) is 36.2. The number of carboxylic acid groups (broad SMARTS) is 4. The molecule has 0 aliphatic carbocycles. The molecule has 0 heterocycles. The average Bonchev–Trinajstić information content (AvgIpc) is 2.86. The third-order valence-electron chi connectivity index (χ3n) is 3.75. The SMILES string of the molecule is CC=CC=CC(=O)[O-].O=C([O-])c1ccc(O)cc1.O=C([O-])c1ccc(O)cc1.O=C([O-])c1ccccc1.[Na+].[Na+].[Na+].[Na+]. The molecule has 0 aliphatic heterocycles. The third kappa shape index (κ3) is 27.2. The number of carboxylic acids is 4. The number of allylic oxidation sites excluding steroid dienone is 3. The third-order valence-corrected chi connectivity index (χ3v) is 3.75. The molecule has 0 bridgehead atoms. The number of carbonyl (C=O) groups excluding carboxylic acids is 4. The first-order valence-electron chi connectivity index (χ1n) is 10.2. The van der Waals surface area contributed by atoms with Crippen molar-refractivity contribution in [3.8, 4) is 11.5 Å². The molecule has 0 aromatic heterocycles. The Bertz CT molecular complexity index is 1140. The number of benzene rings is 3. The molecule has 14 heteroatoms. The van der Waals surface area contributed by atoms with Gasteiger partial charge in [0.25, 0.3) is 0 Å². The van der Waals surface area contributed by atoms with E-state index in [0.29, 0.717) is 0 Å². The summed E-state index contributed by atoms with van der Waals surface area (Å²) >= 11 is 0. The quantitative estimate of drug-likeness (QED) is 0.161. The zero-order valence-electron chi connectivity index (χ0n) is 23.5. The molecule has 41 heavy (non-hydrogen) atoms. The molecule has 10 nitrogen and oxygen atoms in total. The normalized spacial score (nSPS) is 8.61. The minimum absolute atomic E-state index is 0. The monoisotopic (exact) mass is 598 g/mol. The molecule has 0 radical (unpaired) electrons. The summed E-state index contributed by atoms with van der Waals surface area (Å²) in [7, 11) is 0. The summed E-state index contributed by atoms with van der Waals surface area (Å²) in [5, 5.41) is 57.4. The molecule has 3 aromatic carbocycles. The number of aliphatic carboxylic acids is 1. The van der Waals surface area contributed by atoms with Gasteiger partial charge in [0.2, 0.25) is 0 Å². The fourth-order valence-corrected chi connectivity index (χ4v) is 2.01. The molecule has 2 N–H and O–H groups in total. The van der Waals surface area contributed by atoms with E-state index in [0.717, 1.165) is 6.08 Å². The van der Waals surface area contributed by atoms with Gasteiger partial charge in [0.1, 0.15) is 11.5 Å². The summed E-state index contributed by atoms with van der Waals surface area (Å²) in [5.41, 5.74) is 0.355. The molecule has 0 unspecified atom stereocenters. The summed E-state index contributed by atoms with van der Waals surface area (Å²) in [5.74, 6) is -4.67. The van der Waals surface area contributed by atoms with Crippen molar-refractivity contribution in [2.24, 2.45) is 0 Å². The number of phenolic OH excluding ortho intramolecular Hbond substituents is 2. The van der Waals surface area contributed by atoms with Crippen LogP contribution in [0.5, 0.6) is 11.5 Å². The van der Waals surface area contributed by atoms with Gasteiger partial charge in [0, 0.05) is 0 Å². The number of carbonyl (C=O) groups is 4. The number of aromatic carboxylic acids is 3. The van der Waals surface area contributed by atoms with E-state index in [2.05, 4.69) is 0 Å². The van der Waals surface area contributed by atoms with E-state index in [-0.39, 0.29) is 146 Å². The van der Waals surface area contributed by atoms with Gasteiger partial charge in [-0.1, -0.05) is 48.6 Å². The zero-order valence-corrected chi connectivity index (χ0v) is 31.5. The topological polar surface area (TPSA) is 201 Å². The Labute approximate surface area is 326 Å². The molecule has 0 saturated carbocycles. The summed E-state index contributed by atoms with van der Waals surface area (Å²) in [4.78, 5) is 40.0. The van der Waals surface area contributed by atoms with E-state index >= 15 is 0 Å². The summed E-state index contributed by atoms with van der Waals surface area (Å²) < 4.78 is 0. The maximum Gasteiger partial charge on any atom is 1.00 e. The van der Waals surface area contributed by atoms with Crippen LogP contribution in [0, 0.1) is 0 Å². The van der Waals surface area contributed by atoms with Gasteiger partial charge in [-0.15, -0.1) is 0 Å². The van der Waals surface area contributed by atoms with Crippen LogP contribution in [0.3, 0.4) is 0 Å². The molecule has 0 spiro atoms. The second kappa shape index (κ2) is 30.1. The van der Waals surface area contributed by atoms with Gasteiger partial charge < -0.3 is 49.8 Å². The number of aromatic hydroxyl groups is 2. The van der Waals surface area contributed by atoms with Gasteiger partial charge in [-0.25, -0.2) is 0 Å². The molecule has 0 amide bonds. The molecule has 3 rings (SSSR count). The number of phenols is 2. The first kappa shape index (κ1) is 49.3. The molecule has 0 fully saturated rings. The van der Waals surface area contributed by atoms with Crippen molar-refractivity contribution in [3.05, 3.63) is 120 Å². The Morgan fingerprint density at radius 1 is 0.537 bits per heavy atom. The van der Waals surface area contributed by atoms with Crippen LogP contribution in [0.15, 0.2) is 103 Å². The van der Waals surface area contributed by atoms with E-state index in [1.54, 1.807) is 37.3 Å². The smallest absolute Gasteiger partial charge is 0.545 e. The van der Waals surface area contributed by atoms with Gasteiger partial charge in [-0.3, -0.25) is 0 Å². The van der Waals surface area contributed by atoms with E-state index in [4.69, 9.17) is 10.2 Å². The van der Waals surface area contributed by atoms with Gasteiger partial charge in [0.05, 0.1) is 23.9 Å². The minimum atomic E-state index is -1.24. The van der Waals surface area contributed by atoms with Crippen LogP contribution in [-0.2, 0) is 4.79 Å². The van der Waals surface area contributed by atoms with Crippen LogP contribution < -0.4 is 139 Å². The predicted octanol–water partition coefficient (Wildman–Crippen LogP) is -12.6. The van der Waals surface area contributed by atoms with Crippen molar-refractivity contribution in [1.82, 2.24) is 0 Å². The second-order valence-corrected chi connectivity index (χ2v) is 6.53. The first-order chi connectivity index (χ1) is 17.5. The van der Waals surface area contributed by atoms with Crippen molar-refractivity contribution in [2.75, 3.05) is 0 Å². The molecule has 3 aromatic rings. The summed E-state index contributed by atoms with van der Waals surface area (Å²) in [6.45, 7) is 1.81. The fourth-order valence-electron chi connectivity index (χ4n) is 2.01. The van der Waals surface area contributed by atoms with Crippen LogP contribution in [-0.4, -0.2) is 34.1 Å². The van der Waals surface area contributed by atoms with E-state index in [1.807, 2.05) is 0 Å². The van der Waals surface area contributed by atoms with E-state index in [1.165, 1.54) is 66.7 Å². The molecule has 0 atom stereocenters. The molecule has 194 valence electrons. The van der Waals surface area contributed by atoms with Crippen molar-refractivity contribution in [1.29, 1.82) is 0 Å². The fraction of sp³-hybridized carbons (Fsp3) is 0.0370. The molecular formula is C27H22Na4O10. The van der Waals surface area contributed by atoms with Gasteiger partial charge in [-0.05, 0) is 78.2 Å². The Hall–Kier alpha value is -1.38. The zero-order chi connectivity index (χ0) is 28.2. The van der Waals surface area contributed by atoms with Gasteiger partial charge in [0.15, 0.2) is 0 Å². The molecule has 0 aliphatic rings. The van der Waals surface area contributed by atoms with Crippen LogP contribution in [0.4, 0.5) is 0 Å². The molecular weight excluding hydrogens is 576 g/mol. The van der Waals surface area contributed by atoms with Crippen LogP contribution in [0.25, 0.3) is 0 Å². The van der Waals surface area contributed by atoms with Crippen LogP contribution >= 0.6 is 0 Å². The van der Waals surface area contributed by atoms with Gasteiger partial charge >= 0.3 is 118 Å². The van der Waals surface area contributed by atoms with Crippen LogP contribution in [0.2, 0.25) is 0 Å². The van der Waals surface area contributed by atoms with Crippen molar-refractivity contribution >= 4 is 23.9 Å². The summed E-state index contributed by atoms with van der Waals surface area (Å²) in [6, 6.07) is 18.4. The minimum Gasteiger partial charge on any atom is -0.545 e. The van der Waals surface area contributed by atoms with Crippen molar-refractivity contribution in [2.45, 2.75) is 6.92 Å². The number of rotatable bonds is 5. The Balaban J connectivity index is -0.000000137. The largest absolute Gasteiger partial charge is 1.00 e. The van der Waals surface area contributed by atoms with E-state index in [9.17, 15) is 39.6 Å². The predicted molar refractivity (Wildman–Crippen MR) is 125 cm³/mol. The number of hydrogen-bond acceptors (Lipinski definition) is 10. The van der Waals surface area contributed by atoms with Crippen molar-refractivity contribution in [3.63, 3.8) is 0 Å². The maximum atomic E-state index is 10.1. The first-order valence-corrected chi connectivity index (χ1v) is 10.2. The Morgan fingerprint density at radius 2 is 0.854 bits per heavy atom. The standard InChI is InChI=1S/2C7H6O3.C7H6O2.C6H8O2.4Na/c2*8-6-3-1-5(2-4-6)7(9)10;8-7(9)6-4-2-1-3-5-6;1-2-3-4-5-6(7)8;;;;/h2*1-4,8H,(H,9,10);1-5H,(H,8,9);2-5H,1H3,(H,7,8);;;;/q;;;;4*+1/p-4. The van der Waals surface area contributed by atoms with Gasteiger partial charge in [-0.2, -0.15) is 0 Å². The summed E-state index contributed by atoms with van der Waals surface area (Å²) in [6.07, 6.45) is 5.74. The second-order valence-electron chi connectivity index (χ2n) is 6.53. The van der Waals surface area contributed by atoms with Crippen LogP contribution in [0.1, 0.15) is 38.0 Å². The van der Waals surface area contributed by atoms with Crippen molar-refractivity contribution < 1.29 is 168 Å². The molecule has 0 saturated heterocycles. The maximum absolute atomic E-state index is 10.1.